The van der Waals surface area contributed by atoms with E-state index < -0.39 is 0 Å². The Hall–Kier alpha value is -2.38. The number of ether oxygens (including phenoxy) is 1. The highest BCUT2D eigenvalue weighted by molar-refractivity contribution is 5.78. The number of piperidine rings is 1. The van der Waals surface area contributed by atoms with Crippen LogP contribution in [0.25, 0.3) is 11.3 Å². The van der Waals surface area contributed by atoms with Gasteiger partial charge >= 0.3 is 0 Å². The standard InChI is InChI=1S/C21H25FN4O2/c22-18-5-3-16(4-6-18)20-21(24-8-7-23-20)17-2-1-9-26(14-17)19(27)15-25-10-12-28-13-11-25/h3-8,17H,1-2,9-15H2/t17-/m1/s1. The molecule has 1 aromatic heterocycles. The van der Waals surface area contributed by atoms with E-state index in [1.807, 2.05) is 4.90 Å². The molecule has 3 heterocycles. The number of hydrogen-bond acceptors (Lipinski definition) is 5. The van der Waals surface area contributed by atoms with Gasteiger partial charge in [-0.15, -0.1) is 0 Å². The van der Waals surface area contributed by atoms with Crippen molar-refractivity contribution in [3.63, 3.8) is 0 Å². The van der Waals surface area contributed by atoms with E-state index in [1.165, 1.54) is 12.1 Å². The number of hydrogen-bond donors (Lipinski definition) is 0. The highest BCUT2D eigenvalue weighted by Crippen LogP contribution is 2.31. The van der Waals surface area contributed by atoms with Crippen LogP contribution in [0.15, 0.2) is 36.7 Å². The maximum Gasteiger partial charge on any atom is 0.236 e. The Morgan fingerprint density at radius 3 is 2.64 bits per heavy atom. The smallest absolute Gasteiger partial charge is 0.236 e. The Morgan fingerprint density at radius 1 is 1.11 bits per heavy atom. The van der Waals surface area contributed by atoms with Gasteiger partial charge in [0.15, 0.2) is 0 Å². The molecule has 0 aliphatic carbocycles. The Bertz CT molecular complexity index is 808. The summed E-state index contributed by atoms with van der Waals surface area (Å²) < 4.78 is 18.7. The molecule has 28 heavy (non-hydrogen) atoms. The Kier molecular flexibility index (Phi) is 5.92. The Balaban J connectivity index is 1.49. The fourth-order valence-corrected chi connectivity index (χ4v) is 3.96. The number of carbonyl (C=O) groups excluding carboxylic acids is 1. The molecule has 7 heteroatoms. The number of rotatable bonds is 4. The monoisotopic (exact) mass is 384 g/mol. The second-order valence-electron chi connectivity index (χ2n) is 7.36. The maximum absolute atomic E-state index is 13.3. The third-order valence-corrected chi connectivity index (χ3v) is 5.47. The van der Waals surface area contributed by atoms with Crippen LogP contribution >= 0.6 is 0 Å². The molecule has 0 bridgehead atoms. The first-order valence-electron chi connectivity index (χ1n) is 9.85. The number of aromatic nitrogens is 2. The lowest BCUT2D eigenvalue weighted by Crippen LogP contribution is -2.47. The van der Waals surface area contributed by atoms with Crippen LogP contribution in [0.1, 0.15) is 24.5 Å². The van der Waals surface area contributed by atoms with E-state index >= 15 is 0 Å². The molecular formula is C21H25FN4O2. The van der Waals surface area contributed by atoms with Crippen LogP contribution in [-0.2, 0) is 9.53 Å². The quantitative estimate of drug-likeness (QED) is 0.810. The van der Waals surface area contributed by atoms with Crippen LogP contribution in [0, 0.1) is 5.82 Å². The van der Waals surface area contributed by atoms with E-state index in [9.17, 15) is 9.18 Å². The number of nitrogens with zero attached hydrogens (tertiary/aromatic N) is 4. The summed E-state index contributed by atoms with van der Waals surface area (Å²) >= 11 is 0. The van der Waals surface area contributed by atoms with Crippen molar-refractivity contribution in [1.82, 2.24) is 19.8 Å². The average molecular weight is 384 g/mol. The molecule has 1 aromatic carbocycles. The van der Waals surface area contributed by atoms with Gasteiger partial charge in [0.05, 0.1) is 31.1 Å². The minimum Gasteiger partial charge on any atom is -0.379 e. The highest BCUT2D eigenvalue weighted by atomic mass is 19.1. The molecule has 2 aliphatic rings. The zero-order valence-electron chi connectivity index (χ0n) is 15.9. The van der Waals surface area contributed by atoms with Crippen molar-refractivity contribution < 1.29 is 13.9 Å². The zero-order valence-corrected chi connectivity index (χ0v) is 15.9. The minimum absolute atomic E-state index is 0.135. The first-order valence-corrected chi connectivity index (χ1v) is 9.85. The minimum atomic E-state index is -0.272. The van der Waals surface area contributed by atoms with Gasteiger partial charge in [-0.3, -0.25) is 19.7 Å². The second kappa shape index (κ2) is 8.75. The average Bonchev–Trinajstić information content (AvgIpc) is 2.75. The van der Waals surface area contributed by atoms with Crippen LogP contribution in [0.3, 0.4) is 0 Å². The number of morpholine rings is 1. The number of benzene rings is 1. The summed E-state index contributed by atoms with van der Waals surface area (Å²) in [5.41, 5.74) is 2.51. The summed E-state index contributed by atoms with van der Waals surface area (Å²) in [5.74, 6) is 0.0294. The molecule has 0 spiro atoms. The van der Waals surface area contributed by atoms with Crippen molar-refractivity contribution >= 4 is 5.91 Å². The van der Waals surface area contributed by atoms with Gasteiger partial charge in [-0.05, 0) is 37.1 Å². The molecule has 2 aliphatic heterocycles. The predicted molar refractivity (Wildman–Crippen MR) is 103 cm³/mol. The van der Waals surface area contributed by atoms with Gasteiger partial charge in [0.1, 0.15) is 5.82 Å². The van der Waals surface area contributed by atoms with Crippen LogP contribution in [0.5, 0.6) is 0 Å². The fraction of sp³-hybridized carbons (Fsp3) is 0.476. The first kappa shape index (κ1) is 19.0. The van der Waals surface area contributed by atoms with E-state index in [2.05, 4.69) is 14.9 Å². The summed E-state index contributed by atoms with van der Waals surface area (Å²) in [6.45, 7) is 4.88. The SMILES string of the molecule is O=C(CN1CCOCC1)N1CCC[C@@H](c2nccnc2-c2ccc(F)cc2)C1. The first-order chi connectivity index (χ1) is 13.7. The molecule has 2 aromatic rings. The molecule has 0 N–H and O–H groups in total. The molecular weight excluding hydrogens is 359 g/mol. The number of likely N-dealkylation sites (tertiary alicyclic amines) is 1. The van der Waals surface area contributed by atoms with Gasteiger partial charge < -0.3 is 9.64 Å². The van der Waals surface area contributed by atoms with Crippen LogP contribution < -0.4 is 0 Å². The lowest BCUT2D eigenvalue weighted by atomic mass is 9.91. The Labute approximate surface area is 164 Å². The maximum atomic E-state index is 13.3. The van der Waals surface area contributed by atoms with Crippen molar-refractivity contribution in [2.24, 2.45) is 0 Å². The summed E-state index contributed by atoms with van der Waals surface area (Å²) in [6, 6.07) is 6.33. The summed E-state index contributed by atoms with van der Waals surface area (Å²) in [4.78, 5) is 26.0. The molecule has 4 rings (SSSR count). The molecule has 6 nitrogen and oxygen atoms in total. The van der Waals surface area contributed by atoms with E-state index in [4.69, 9.17) is 4.74 Å². The Morgan fingerprint density at radius 2 is 1.86 bits per heavy atom. The third kappa shape index (κ3) is 4.36. The molecule has 0 unspecified atom stereocenters. The third-order valence-electron chi connectivity index (χ3n) is 5.47. The van der Waals surface area contributed by atoms with Crippen molar-refractivity contribution in [3.8, 4) is 11.3 Å². The fourth-order valence-electron chi connectivity index (χ4n) is 3.96. The molecule has 0 radical (unpaired) electrons. The van der Waals surface area contributed by atoms with Gasteiger partial charge in [0.25, 0.3) is 0 Å². The number of carbonyl (C=O) groups is 1. The van der Waals surface area contributed by atoms with Crippen molar-refractivity contribution in [3.05, 3.63) is 48.2 Å². The normalized spacial score (nSPS) is 20.9. The van der Waals surface area contributed by atoms with Crippen LogP contribution in [0.2, 0.25) is 0 Å². The van der Waals surface area contributed by atoms with Gasteiger partial charge in [-0.2, -0.15) is 0 Å². The summed E-state index contributed by atoms with van der Waals surface area (Å²) in [6.07, 6.45) is 5.26. The molecule has 1 atom stereocenters. The number of halogens is 1. The largest absolute Gasteiger partial charge is 0.379 e. The zero-order chi connectivity index (χ0) is 19.3. The molecule has 0 saturated carbocycles. The number of amides is 1. The van der Waals surface area contributed by atoms with Crippen LogP contribution in [0.4, 0.5) is 4.39 Å². The second-order valence-corrected chi connectivity index (χ2v) is 7.36. The van der Waals surface area contributed by atoms with E-state index in [-0.39, 0.29) is 17.6 Å². The molecule has 148 valence electrons. The molecule has 1 amide bonds. The van der Waals surface area contributed by atoms with Gasteiger partial charge in [-0.1, -0.05) is 0 Å². The van der Waals surface area contributed by atoms with Gasteiger partial charge in [0.2, 0.25) is 5.91 Å². The van der Waals surface area contributed by atoms with E-state index in [0.29, 0.717) is 26.3 Å². The van der Waals surface area contributed by atoms with Crippen molar-refractivity contribution in [2.75, 3.05) is 45.9 Å². The van der Waals surface area contributed by atoms with E-state index in [1.54, 1.807) is 24.5 Å². The van der Waals surface area contributed by atoms with Crippen molar-refractivity contribution in [1.29, 1.82) is 0 Å². The molecule has 2 fully saturated rings. The van der Waals surface area contributed by atoms with E-state index in [0.717, 1.165) is 49.4 Å². The van der Waals surface area contributed by atoms with Crippen LogP contribution in [-0.4, -0.2) is 71.6 Å². The van der Waals surface area contributed by atoms with Crippen molar-refractivity contribution in [2.45, 2.75) is 18.8 Å². The van der Waals surface area contributed by atoms with Gasteiger partial charge in [0, 0.05) is 50.1 Å². The highest BCUT2D eigenvalue weighted by Gasteiger charge is 2.29. The molecule has 2 saturated heterocycles. The lowest BCUT2D eigenvalue weighted by molar-refractivity contribution is -0.134. The topological polar surface area (TPSA) is 58.6 Å². The summed E-state index contributed by atoms with van der Waals surface area (Å²) in [7, 11) is 0. The predicted octanol–water partition coefficient (Wildman–Crippen LogP) is 2.32. The lowest BCUT2D eigenvalue weighted by Gasteiger charge is -2.35. The van der Waals surface area contributed by atoms with Gasteiger partial charge in [-0.25, -0.2) is 4.39 Å². The summed E-state index contributed by atoms with van der Waals surface area (Å²) in [5, 5.41) is 0.